The van der Waals surface area contributed by atoms with Crippen LogP contribution in [0.3, 0.4) is 0 Å². The van der Waals surface area contributed by atoms with Crippen molar-refractivity contribution in [3.05, 3.63) is 59.5 Å². The number of benzene rings is 1. The summed E-state index contributed by atoms with van der Waals surface area (Å²) in [4.78, 5) is 14.4. The van der Waals surface area contributed by atoms with Gasteiger partial charge in [0, 0.05) is 26.2 Å². The summed E-state index contributed by atoms with van der Waals surface area (Å²) in [5.41, 5.74) is 2.39. The molecule has 6 heteroatoms. The first-order valence-corrected chi connectivity index (χ1v) is 9.12. The standard InChI is InChI=1S/C20H27N3O3/c1-16(19-3-2-10-26-19)21-14-20(24)22-13-17-4-6-18(7-5-17)15-23-8-11-25-12-9-23/h2-7,10,16,21H,8-9,11-15H2,1H3,(H,22,24)/t16-/m0/s1. The van der Waals surface area contributed by atoms with E-state index in [1.54, 1.807) is 6.26 Å². The Hall–Kier alpha value is -2.15. The van der Waals surface area contributed by atoms with Crippen molar-refractivity contribution in [3.8, 4) is 0 Å². The van der Waals surface area contributed by atoms with Crippen LogP contribution in [0.25, 0.3) is 0 Å². The Morgan fingerprint density at radius 1 is 1.15 bits per heavy atom. The highest BCUT2D eigenvalue weighted by Crippen LogP contribution is 2.11. The van der Waals surface area contributed by atoms with Crippen LogP contribution in [-0.4, -0.2) is 43.7 Å². The molecule has 1 aromatic heterocycles. The van der Waals surface area contributed by atoms with Gasteiger partial charge in [-0.1, -0.05) is 24.3 Å². The molecule has 0 saturated carbocycles. The Morgan fingerprint density at radius 3 is 2.58 bits per heavy atom. The fourth-order valence-corrected chi connectivity index (χ4v) is 2.93. The van der Waals surface area contributed by atoms with Crippen LogP contribution in [0.15, 0.2) is 47.1 Å². The lowest BCUT2D eigenvalue weighted by molar-refractivity contribution is -0.120. The van der Waals surface area contributed by atoms with Gasteiger partial charge in [0.2, 0.25) is 5.91 Å². The lowest BCUT2D eigenvalue weighted by Crippen LogP contribution is -2.35. The van der Waals surface area contributed by atoms with Gasteiger partial charge in [-0.15, -0.1) is 0 Å². The highest BCUT2D eigenvalue weighted by molar-refractivity contribution is 5.78. The summed E-state index contributed by atoms with van der Waals surface area (Å²) >= 11 is 0. The van der Waals surface area contributed by atoms with Crippen LogP contribution in [0, 0.1) is 0 Å². The first kappa shape index (κ1) is 18.6. The Morgan fingerprint density at radius 2 is 1.88 bits per heavy atom. The summed E-state index contributed by atoms with van der Waals surface area (Å²) in [6.45, 7) is 7.32. The van der Waals surface area contributed by atoms with Crippen molar-refractivity contribution in [1.82, 2.24) is 15.5 Å². The van der Waals surface area contributed by atoms with E-state index < -0.39 is 0 Å². The van der Waals surface area contributed by atoms with E-state index in [1.165, 1.54) is 5.56 Å². The molecule has 1 aromatic carbocycles. The molecule has 0 unspecified atom stereocenters. The largest absolute Gasteiger partial charge is 0.468 e. The van der Waals surface area contributed by atoms with Crippen molar-refractivity contribution < 1.29 is 13.9 Å². The van der Waals surface area contributed by atoms with E-state index in [2.05, 4.69) is 39.8 Å². The lowest BCUT2D eigenvalue weighted by atomic mass is 10.1. The molecule has 1 aliphatic rings. The quantitative estimate of drug-likeness (QED) is 0.757. The fourth-order valence-electron chi connectivity index (χ4n) is 2.93. The van der Waals surface area contributed by atoms with E-state index in [4.69, 9.17) is 9.15 Å². The summed E-state index contributed by atoms with van der Waals surface area (Å²) in [7, 11) is 0. The average molecular weight is 357 g/mol. The van der Waals surface area contributed by atoms with Crippen LogP contribution >= 0.6 is 0 Å². The molecule has 1 amide bonds. The number of nitrogens with zero attached hydrogens (tertiary/aromatic N) is 1. The minimum Gasteiger partial charge on any atom is -0.468 e. The highest BCUT2D eigenvalue weighted by Gasteiger charge is 2.11. The molecule has 1 saturated heterocycles. The van der Waals surface area contributed by atoms with E-state index in [1.807, 2.05) is 19.1 Å². The molecule has 3 rings (SSSR count). The molecular formula is C20H27N3O3. The summed E-state index contributed by atoms with van der Waals surface area (Å²) in [6, 6.07) is 12.2. The summed E-state index contributed by atoms with van der Waals surface area (Å²) in [6.07, 6.45) is 1.64. The predicted octanol–water partition coefficient (Wildman–Crippen LogP) is 2.08. The molecule has 1 aliphatic heterocycles. The first-order chi connectivity index (χ1) is 12.7. The molecule has 0 bridgehead atoms. The summed E-state index contributed by atoms with van der Waals surface area (Å²) < 4.78 is 10.7. The zero-order chi connectivity index (χ0) is 18.2. The van der Waals surface area contributed by atoms with Crippen LogP contribution in [0.5, 0.6) is 0 Å². The van der Waals surface area contributed by atoms with Gasteiger partial charge in [0.1, 0.15) is 5.76 Å². The lowest BCUT2D eigenvalue weighted by Gasteiger charge is -2.26. The molecule has 1 fully saturated rings. The van der Waals surface area contributed by atoms with Crippen molar-refractivity contribution in [2.75, 3.05) is 32.8 Å². The van der Waals surface area contributed by atoms with Crippen molar-refractivity contribution in [2.45, 2.75) is 26.1 Å². The molecule has 140 valence electrons. The van der Waals surface area contributed by atoms with Crippen molar-refractivity contribution in [1.29, 1.82) is 0 Å². The minimum atomic E-state index is -0.0270. The first-order valence-electron chi connectivity index (χ1n) is 9.12. The second-order valence-corrected chi connectivity index (χ2v) is 6.60. The maximum absolute atomic E-state index is 12.0. The fraction of sp³-hybridized carbons (Fsp3) is 0.450. The van der Waals surface area contributed by atoms with Crippen LogP contribution in [0.4, 0.5) is 0 Å². The molecule has 0 spiro atoms. The molecule has 6 nitrogen and oxygen atoms in total. The Labute approximate surface area is 154 Å². The number of nitrogens with one attached hydrogen (secondary N) is 2. The minimum absolute atomic E-state index is 0.00946. The number of morpholine rings is 1. The second kappa shape index (κ2) is 9.52. The smallest absolute Gasteiger partial charge is 0.234 e. The third kappa shape index (κ3) is 5.69. The zero-order valence-electron chi connectivity index (χ0n) is 15.2. The normalized spacial score (nSPS) is 16.3. The number of amides is 1. The van der Waals surface area contributed by atoms with Gasteiger partial charge in [0.05, 0.1) is 32.1 Å². The van der Waals surface area contributed by atoms with Gasteiger partial charge in [-0.2, -0.15) is 0 Å². The Kier molecular flexibility index (Phi) is 6.82. The molecule has 2 aromatic rings. The Bertz CT molecular complexity index is 664. The number of rotatable bonds is 8. The number of carbonyl (C=O) groups excluding carboxylic acids is 1. The van der Waals surface area contributed by atoms with Crippen LogP contribution in [0.2, 0.25) is 0 Å². The number of furan rings is 1. The van der Waals surface area contributed by atoms with E-state index in [0.717, 1.165) is 44.2 Å². The number of hydrogen-bond acceptors (Lipinski definition) is 5. The second-order valence-electron chi connectivity index (χ2n) is 6.60. The SMILES string of the molecule is C[C@H](NCC(=O)NCc1ccc(CN2CCOCC2)cc1)c1ccco1. The summed E-state index contributed by atoms with van der Waals surface area (Å²) in [5.74, 6) is 0.800. The van der Waals surface area contributed by atoms with Crippen LogP contribution in [-0.2, 0) is 22.6 Å². The van der Waals surface area contributed by atoms with Gasteiger partial charge in [-0.05, 0) is 30.2 Å². The molecule has 26 heavy (non-hydrogen) atoms. The third-order valence-electron chi connectivity index (χ3n) is 4.56. The Balaban J connectivity index is 1.37. The number of hydrogen-bond donors (Lipinski definition) is 2. The van der Waals surface area contributed by atoms with Gasteiger partial charge < -0.3 is 14.5 Å². The monoisotopic (exact) mass is 357 g/mol. The van der Waals surface area contributed by atoms with E-state index in [0.29, 0.717) is 6.54 Å². The molecule has 2 N–H and O–H groups in total. The zero-order valence-corrected chi connectivity index (χ0v) is 15.2. The highest BCUT2D eigenvalue weighted by atomic mass is 16.5. The third-order valence-corrected chi connectivity index (χ3v) is 4.56. The van der Waals surface area contributed by atoms with Crippen molar-refractivity contribution >= 4 is 5.91 Å². The molecular weight excluding hydrogens is 330 g/mol. The summed E-state index contributed by atoms with van der Waals surface area (Å²) in [5, 5.41) is 6.10. The van der Waals surface area contributed by atoms with Crippen molar-refractivity contribution in [2.24, 2.45) is 0 Å². The average Bonchev–Trinajstić information content (AvgIpc) is 3.21. The van der Waals surface area contributed by atoms with Gasteiger partial charge in [0.15, 0.2) is 0 Å². The number of carbonyl (C=O) groups is 1. The van der Waals surface area contributed by atoms with E-state index in [-0.39, 0.29) is 18.5 Å². The van der Waals surface area contributed by atoms with Gasteiger partial charge >= 0.3 is 0 Å². The van der Waals surface area contributed by atoms with E-state index in [9.17, 15) is 4.79 Å². The molecule has 2 heterocycles. The van der Waals surface area contributed by atoms with Gasteiger partial charge in [-0.25, -0.2) is 0 Å². The maximum Gasteiger partial charge on any atom is 0.234 e. The molecule has 0 radical (unpaired) electrons. The predicted molar refractivity (Wildman–Crippen MR) is 99.5 cm³/mol. The van der Waals surface area contributed by atoms with E-state index >= 15 is 0 Å². The van der Waals surface area contributed by atoms with Gasteiger partial charge in [0.25, 0.3) is 0 Å². The van der Waals surface area contributed by atoms with Crippen molar-refractivity contribution in [3.63, 3.8) is 0 Å². The van der Waals surface area contributed by atoms with Crippen LogP contribution < -0.4 is 10.6 Å². The molecule has 1 atom stereocenters. The topological polar surface area (TPSA) is 66.7 Å². The van der Waals surface area contributed by atoms with Gasteiger partial charge in [-0.3, -0.25) is 15.0 Å². The molecule has 0 aliphatic carbocycles. The number of ether oxygens (including phenoxy) is 1. The maximum atomic E-state index is 12.0. The van der Waals surface area contributed by atoms with Crippen LogP contribution in [0.1, 0.15) is 29.9 Å².